The average Bonchev–Trinajstić information content (AvgIpc) is 2.28. The molecular formula is C13H23FO2. The molecule has 16 heavy (non-hydrogen) atoms. The average molecular weight is 230 g/mol. The Balaban J connectivity index is 2.46. The normalized spacial score (nSPS) is 30.2. The molecule has 0 aromatic heterocycles. The van der Waals surface area contributed by atoms with Gasteiger partial charge in [0.25, 0.3) is 0 Å². The van der Waals surface area contributed by atoms with Gasteiger partial charge >= 0.3 is 5.97 Å². The Hall–Kier alpha value is -0.600. The molecule has 94 valence electrons. The minimum absolute atomic E-state index is 0.197. The van der Waals surface area contributed by atoms with Crippen LogP contribution in [-0.2, 0) is 4.79 Å². The number of unbranched alkanes of at least 4 members (excludes halogenated alkanes) is 1. The van der Waals surface area contributed by atoms with Crippen LogP contribution in [0.2, 0.25) is 0 Å². The number of carbonyl (C=O) groups is 1. The zero-order chi connectivity index (χ0) is 12.0. The molecule has 1 aliphatic carbocycles. The van der Waals surface area contributed by atoms with Crippen LogP contribution in [0.5, 0.6) is 0 Å². The molecule has 3 heteroatoms. The summed E-state index contributed by atoms with van der Waals surface area (Å²) in [4.78, 5) is 11.2. The fraction of sp³-hybridized carbons (Fsp3) is 0.923. The number of hydrogen-bond acceptors (Lipinski definition) is 1. The van der Waals surface area contributed by atoms with Crippen molar-refractivity contribution in [2.75, 3.05) is 6.67 Å². The molecule has 2 nitrogen and oxygen atoms in total. The predicted molar refractivity (Wildman–Crippen MR) is 62.1 cm³/mol. The summed E-state index contributed by atoms with van der Waals surface area (Å²) >= 11 is 0. The topological polar surface area (TPSA) is 37.3 Å². The number of hydrogen-bond donors (Lipinski definition) is 1. The number of carboxylic acid groups (broad SMARTS) is 1. The number of halogens is 1. The zero-order valence-corrected chi connectivity index (χ0v) is 10.2. The third kappa shape index (κ3) is 3.19. The lowest BCUT2D eigenvalue weighted by molar-refractivity contribution is -0.152. The van der Waals surface area contributed by atoms with E-state index in [1.165, 1.54) is 19.3 Å². The maximum absolute atomic E-state index is 12.4. The van der Waals surface area contributed by atoms with Crippen LogP contribution in [0, 0.1) is 11.3 Å². The van der Waals surface area contributed by atoms with E-state index in [9.17, 15) is 14.3 Å². The number of alkyl halides is 1. The standard InChI is InChI=1S/C13H23FO2/c1-2-3-4-11-5-7-13(8-6-11,9-10-14)12(15)16/h11H,2-10H2,1H3,(H,15,16). The lowest BCUT2D eigenvalue weighted by Crippen LogP contribution is -2.36. The van der Waals surface area contributed by atoms with E-state index >= 15 is 0 Å². The maximum Gasteiger partial charge on any atom is 0.309 e. The monoisotopic (exact) mass is 230 g/mol. The third-order valence-electron chi connectivity index (χ3n) is 4.05. The van der Waals surface area contributed by atoms with Gasteiger partial charge in [-0.2, -0.15) is 0 Å². The molecule has 0 unspecified atom stereocenters. The van der Waals surface area contributed by atoms with Crippen LogP contribution in [0.4, 0.5) is 4.39 Å². The summed E-state index contributed by atoms with van der Waals surface area (Å²) in [5.74, 6) is -0.119. The Bertz CT molecular complexity index is 220. The first-order chi connectivity index (χ1) is 7.64. The first kappa shape index (κ1) is 13.5. The molecule has 0 atom stereocenters. The number of carboxylic acids is 1. The minimum atomic E-state index is -0.793. The van der Waals surface area contributed by atoms with Gasteiger partial charge in [0.15, 0.2) is 0 Å². The van der Waals surface area contributed by atoms with E-state index in [0.29, 0.717) is 18.8 Å². The zero-order valence-electron chi connectivity index (χ0n) is 10.2. The van der Waals surface area contributed by atoms with Crippen LogP contribution in [0.15, 0.2) is 0 Å². The van der Waals surface area contributed by atoms with E-state index in [1.807, 2.05) is 0 Å². The van der Waals surface area contributed by atoms with Crippen molar-refractivity contribution >= 4 is 5.97 Å². The Labute approximate surface area is 97.2 Å². The van der Waals surface area contributed by atoms with Crippen molar-refractivity contribution < 1.29 is 14.3 Å². The van der Waals surface area contributed by atoms with Gasteiger partial charge in [0, 0.05) is 0 Å². The van der Waals surface area contributed by atoms with Crippen LogP contribution in [-0.4, -0.2) is 17.8 Å². The summed E-state index contributed by atoms with van der Waals surface area (Å²) in [6.45, 7) is 1.67. The molecular weight excluding hydrogens is 207 g/mol. The van der Waals surface area contributed by atoms with Gasteiger partial charge in [0.1, 0.15) is 0 Å². The Kier molecular flexibility index (Phi) is 5.23. The van der Waals surface area contributed by atoms with Crippen LogP contribution < -0.4 is 0 Å². The van der Waals surface area contributed by atoms with E-state index in [-0.39, 0.29) is 6.42 Å². The molecule has 0 aromatic rings. The molecule has 0 radical (unpaired) electrons. The smallest absolute Gasteiger partial charge is 0.309 e. The summed E-state index contributed by atoms with van der Waals surface area (Å²) in [6, 6.07) is 0. The molecule has 1 saturated carbocycles. The minimum Gasteiger partial charge on any atom is -0.481 e. The SMILES string of the molecule is CCCCC1CCC(CCF)(C(=O)O)CC1. The highest BCUT2D eigenvalue weighted by molar-refractivity contribution is 5.74. The third-order valence-corrected chi connectivity index (χ3v) is 4.05. The van der Waals surface area contributed by atoms with E-state index in [1.54, 1.807) is 0 Å². The number of aliphatic carboxylic acids is 1. The quantitative estimate of drug-likeness (QED) is 0.753. The second-order valence-electron chi connectivity index (χ2n) is 5.11. The lowest BCUT2D eigenvalue weighted by atomic mass is 9.68. The lowest BCUT2D eigenvalue weighted by Gasteiger charge is -2.36. The summed E-state index contributed by atoms with van der Waals surface area (Å²) < 4.78 is 12.4. The maximum atomic E-state index is 12.4. The molecule has 1 fully saturated rings. The molecule has 1 N–H and O–H groups in total. The summed E-state index contributed by atoms with van der Waals surface area (Å²) in [5, 5.41) is 9.22. The molecule has 0 amide bonds. The number of rotatable bonds is 6. The molecule has 0 bridgehead atoms. The van der Waals surface area contributed by atoms with Gasteiger partial charge < -0.3 is 5.11 Å². The Morgan fingerprint density at radius 3 is 2.50 bits per heavy atom. The highest BCUT2D eigenvalue weighted by Gasteiger charge is 2.41. The van der Waals surface area contributed by atoms with Gasteiger partial charge in [-0.15, -0.1) is 0 Å². The van der Waals surface area contributed by atoms with E-state index in [4.69, 9.17) is 0 Å². The van der Waals surface area contributed by atoms with Crippen LogP contribution in [0.3, 0.4) is 0 Å². The van der Waals surface area contributed by atoms with Crippen molar-refractivity contribution in [2.45, 2.75) is 58.3 Å². The molecule has 0 saturated heterocycles. The fourth-order valence-electron chi connectivity index (χ4n) is 2.76. The van der Waals surface area contributed by atoms with Gasteiger partial charge in [-0.1, -0.05) is 26.2 Å². The van der Waals surface area contributed by atoms with Gasteiger partial charge in [-0.05, 0) is 38.0 Å². The summed E-state index contributed by atoms with van der Waals surface area (Å²) in [7, 11) is 0. The largest absolute Gasteiger partial charge is 0.481 e. The van der Waals surface area contributed by atoms with Gasteiger partial charge in [0.2, 0.25) is 0 Å². The van der Waals surface area contributed by atoms with Crippen molar-refractivity contribution in [3.63, 3.8) is 0 Å². The van der Waals surface area contributed by atoms with Gasteiger partial charge in [0.05, 0.1) is 12.1 Å². The van der Waals surface area contributed by atoms with Crippen molar-refractivity contribution in [1.29, 1.82) is 0 Å². The van der Waals surface area contributed by atoms with E-state index in [2.05, 4.69) is 6.92 Å². The second-order valence-corrected chi connectivity index (χ2v) is 5.11. The molecule has 1 aliphatic rings. The van der Waals surface area contributed by atoms with Crippen LogP contribution >= 0.6 is 0 Å². The van der Waals surface area contributed by atoms with E-state index in [0.717, 1.165) is 12.8 Å². The first-order valence-corrected chi connectivity index (χ1v) is 6.44. The molecule has 0 spiro atoms. The van der Waals surface area contributed by atoms with Crippen molar-refractivity contribution in [3.8, 4) is 0 Å². The highest BCUT2D eigenvalue weighted by Crippen LogP contribution is 2.43. The molecule has 0 aliphatic heterocycles. The van der Waals surface area contributed by atoms with Crippen LogP contribution in [0.25, 0.3) is 0 Å². The first-order valence-electron chi connectivity index (χ1n) is 6.44. The Morgan fingerprint density at radius 1 is 1.44 bits per heavy atom. The molecule has 0 aromatic carbocycles. The molecule has 0 heterocycles. The molecule has 1 rings (SSSR count). The van der Waals surface area contributed by atoms with Gasteiger partial charge in [-0.25, -0.2) is 0 Å². The summed E-state index contributed by atoms with van der Waals surface area (Å²) in [5.41, 5.74) is -0.753. The Morgan fingerprint density at radius 2 is 2.06 bits per heavy atom. The van der Waals surface area contributed by atoms with E-state index < -0.39 is 18.1 Å². The van der Waals surface area contributed by atoms with Crippen molar-refractivity contribution in [3.05, 3.63) is 0 Å². The van der Waals surface area contributed by atoms with Gasteiger partial charge in [-0.3, -0.25) is 9.18 Å². The van der Waals surface area contributed by atoms with Crippen molar-refractivity contribution in [1.82, 2.24) is 0 Å². The predicted octanol–water partition coefficient (Wildman–Crippen LogP) is 3.80. The summed E-state index contributed by atoms with van der Waals surface area (Å²) in [6.07, 6.45) is 7.10. The highest BCUT2D eigenvalue weighted by atomic mass is 19.1. The van der Waals surface area contributed by atoms with Crippen molar-refractivity contribution in [2.24, 2.45) is 11.3 Å². The second kappa shape index (κ2) is 6.21. The fourth-order valence-corrected chi connectivity index (χ4v) is 2.76. The van der Waals surface area contributed by atoms with Crippen LogP contribution in [0.1, 0.15) is 58.3 Å².